The highest BCUT2D eigenvalue weighted by molar-refractivity contribution is 6.60. The van der Waals surface area contributed by atoms with Gasteiger partial charge in [0.25, 0.3) is 0 Å². The van der Waals surface area contributed by atoms with Crippen LogP contribution < -0.4 is 4.74 Å². The molecule has 0 N–H and O–H groups in total. The highest BCUT2D eigenvalue weighted by atomic mass is 35.5. The lowest BCUT2D eigenvalue weighted by molar-refractivity contribution is -0.199. The van der Waals surface area contributed by atoms with E-state index in [1.807, 2.05) is 32.9 Å². The number of alkyl halides is 1. The predicted molar refractivity (Wildman–Crippen MR) is 122 cm³/mol. The Balaban J connectivity index is 1.50. The van der Waals surface area contributed by atoms with Crippen molar-refractivity contribution in [2.24, 2.45) is 17.3 Å². The molecule has 4 fully saturated rings. The smallest absolute Gasteiger partial charge is 0.477 e. The Hall–Kier alpha value is -1.24. The van der Waals surface area contributed by atoms with Gasteiger partial charge < -0.3 is 18.8 Å². The van der Waals surface area contributed by atoms with Crippen molar-refractivity contribution in [2.45, 2.75) is 83.4 Å². The second-order valence-corrected chi connectivity index (χ2v) is 11.6. The molecule has 1 saturated heterocycles. The van der Waals surface area contributed by atoms with E-state index in [2.05, 4.69) is 20.8 Å². The Morgan fingerprint density at radius 3 is 2.61 bits per heavy atom. The average Bonchev–Trinajstić information content (AvgIpc) is 3.03. The maximum absolute atomic E-state index is 12.7. The normalized spacial score (nSPS) is 32.1. The van der Waals surface area contributed by atoms with Crippen LogP contribution in [0, 0.1) is 17.3 Å². The van der Waals surface area contributed by atoms with E-state index in [-0.39, 0.29) is 17.1 Å². The number of carbonyl (C=O) groups excluding carboxylic acids is 1. The highest BCUT2D eigenvalue weighted by Gasteiger charge is 2.68. The van der Waals surface area contributed by atoms with Crippen molar-refractivity contribution in [3.05, 3.63) is 29.3 Å². The molecular weight excluding hydrogens is 415 g/mol. The lowest BCUT2D eigenvalue weighted by atomic mass is 9.43. The van der Waals surface area contributed by atoms with E-state index < -0.39 is 24.0 Å². The lowest BCUT2D eigenvalue weighted by Gasteiger charge is -2.64. The summed E-state index contributed by atoms with van der Waals surface area (Å²) in [6, 6.07) is 5.47. The van der Waals surface area contributed by atoms with E-state index in [4.69, 9.17) is 30.4 Å². The number of methoxy groups -OCH3 is 1. The van der Waals surface area contributed by atoms with E-state index >= 15 is 0 Å². The minimum absolute atomic E-state index is 0.0884. The van der Waals surface area contributed by atoms with E-state index in [0.29, 0.717) is 29.6 Å². The van der Waals surface area contributed by atoms with Gasteiger partial charge in [0.1, 0.15) is 16.9 Å². The zero-order chi connectivity index (χ0) is 22.8. The van der Waals surface area contributed by atoms with Crippen molar-refractivity contribution in [1.29, 1.82) is 0 Å². The molecule has 1 aromatic rings. The summed E-state index contributed by atoms with van der Waals surface area (Å²) in [7, 11) is 1.07. The molecule has 3 saturated carbocycles. The molecule has 5 nitrogen and oxygen atoms in total. The van der Waals surface area contributed by atoms with Gasteiger partial charge in [-0.3, -0.25) is 0 Å². The largest absolute Gasteiger partial charge is 0.496 e. The zero-order valence-electron chi connectivity index (χ0n) is 19.7. The molecule has 31 heavy (non-hydrogen) atoms. The van der Waals surface area contributed by atoms with Gasteiger partial charge in [-0.05, 0) is 75.8 Å². The third kappa shape index (κ3) is 3.89. The molecule has 1 aliphatic heterocycles. The fraction of sp³-hybridized carbons (Fsp3) is 0.708. The molecule has 1 aromatic carbocycles. The van der Waals surface area contributed by atoms with Crippen LogP contribution in [0.1, 0.15) is 70.3 Å². The Bertz CT molecular complexity index is 866. The van der Waals surface area contributed by atoms with Crippen molar-refractivity contribution < 1.29 is 23.6 Å². The fourth-order valence-electron chi connectivity index (χ4n) is 5.84. The van der Waals surface area contributed by atoms with Crippen LogP contribution in [0.3, 0.4) is 0 Å². The van der Waals surface area contributed by atoms with Gasteiger partial charge in [0.2, 0.25) is 0 Å². The monoisotopic (exact) mass is 448 g/mol. The first-order chi connectivity index (χ1) is 14.4. The molecule has 1 heterocycles. The Morgan fingerprint density at radius 1 is 1.29 bits per heavy atom. The van der Waals surface area contributed by atoms with Gasteiger partial charge in [0.15, 0.2) is 0 Å². The molecule has 0 spiro atoms. The summed E-state index contributed by atoms with van der Waals surface area (Å²) in [6.45, 7) is 12.4. The number of ether oxygens (including phenoxy) is 2. The molecule has 3 aliphatic carbocycles. The number of para-hydroxylation sites is 1. The molecule has 170 valence electrons. The molecule has 5 atom stereocenters. The van der Waals surface area contributed by atoms with Crippen molar-refractivity contribution >= 4 is 24.7 Å². The third-order valence-electron chi connectivity index (χ3n) is 7.60. The van der Waals surface area contributed by atoms with Crippen molar-refractivity contribution in [3.8, 4) is 5.75 Å². The predicted octanol–water partition coefficient (Wildman–Crippen LogP) is 5.07. The molecular formula is C24H34BClO5. The number of esters is 1. The third-order valence-corrected chi connectivity index (χ3v) is 7.96. The van der Waals surface area contributed by atoms with Gasteiger partial charge in [-0.2, -0.15) is 0 Å². The van der Waals surface area contributed by atoms with Crippen LogP contribution >= 0.6 is 11.6 Å². The molecule has 5 rings (SSSR count). The van der Waals surface area contributed by atoms with E-state index in [1.165, 1.54) is 6.42 Å². The molecule has 0 aromatic heterocycles. The summed E-state index contributed by atoms with van der Waals surface area (Å²) in [4.78, 5) is 12.7. The van der Waals surface area contributed by atoms with Gasteiger partial charge in [-0.1, -0.05) is 26.0 Å². The first-order valence-corrected chi connectivity index (χ1v) is 11.7. The van der Waals surface area contributed by atoms with Crippen LogP contribution in [0.5, 0.6) is 5.75 Å². The van der Waals surface area contributed by atoms with Crippen LogP contribution in [-0.2, 0) is 20.5 Å². The number of halogens is 1. The summed E-state index contributed by atoms with van der Waals surface area (Å²) in [5.41, 5.74) is 0.645. The second-order valence-electron chi connectivity index (χ2n) is 11.1. The van der Waals surface area contributed by atoms with Gasteiger partial charge in [0.05, 0.1) is 24.1 Å². The SMILES string of the molecule is COc1c(CC(Cl)B2OC3C[C@H]4C[C@@H](C4(C)C)[C@]3(C)O2)cccc1C(=O)OC(C)(C)C. The number of rotatable bonds is 5. The molecule has 2 bridgehead atoms. The van der Waals surface area contributed by atoms with Crippen LogP contribution in [0.4, 0.5) is 0 Å². The van der Waals surface area contributed by atoms with Crippen LogP contribution in [-0.4, -0.2) is 42.8 Å². The van der Waals surface area contributed by atoms with E-state index in [9.17, 15) is 4.79 Å². The first kappa shape index (κ1) is 22.9. The molecule has 0 radical (unpaired) electrons. The van der Waals surface area contributed by atoms with Crippen LogP contribution in [0.15, 0.2) is 18.2 Å². The molecule has 0 amide bonds. The standard InChI is InChI=1S/C24H34BClO5/c1-22(2,3)29-21(27)16-10-8-9-14(20(16)28-7)11-19(26)25-30-18-13-15-12-17(23(15,4)5)24(18,6)31-25/h8-10,15,17-19H,11-13H2,1-7H3/t15-,17+,18?,19?,24+/m1/s1. The quantitative estimate of drug-likeness (QED) is 0.358. The van der Waals surface area contributed by atoms with Gasteiger partial charge >= 0.3 is 13.1 Å². The van der Waals surface area contributed by atoms with Gasteiger partial charge in [-0.25, -0.2) is 4.79 Å². The number of hydrogen-bond acceptors (Lipinski definition) is 5. The summed E-state index contributed by atoms with van der Waals surface area (Å²) in [5, 5.41) is -0.398. The highest BCUT2D eigenvalue weighted by Crippen LogP contribution is 2.65. The minimum atomic E-state index is -0.584. The molecule has 4 aliphatic rings. The Morgan fingerprint density at radius 2 is 2.00 bits per heavy atom. The van der Waals surface area contributed by atoms with Crippen LogP contribution in [0.2, 0.25) is 0 Å². The average molecular weight is 449 g/mol. The van der Waals surface area contributed by atoms with E-state index in [0.717, 1.165) is 12.0 Å². The van der Waals surface area contributed by atoms with Crippen molar-refractivity contribution in [2.75, 3.05) is 7.11 Å². The molecule has 2 unspecified atom stereocenters. The van der Waals surface area contributed by atoms with Gasteiger partial charge in [0, 0.05) is 0 Å². The van der Waals surface area contributed by atoms with Gasteiger partial charge in [-0.15, -0.1) is 11.6 Å². The van der Waals surface area contributed by atoms with Crippen molar-refractivity contribution in [3.63, 3.8) is 0 Å². The summed E-state index contributed by atoms with van der Waals surface area (Å²) in [5.74, 6) is 1.26. The minimum Gasteiger partial charge on any atom is -0.496 e. The van der Waals surface area contributed by atoms with E-state index in [1.54, 1.807) is 13.2 Å². The fourth-order valence-corrected chi connectivity index (χ4v) is 6.12. The summed E-state index contributed by atoms with van der Waals surface area (Å²) < 4.78 is 24.0. The molecule has 7 heteroatoms. The number of carbonyl (C=O) groups is 1. The number of hydrogen-bond donors (Lipinski definition) is 0. The second kappa shape index (κ2) is 7.67. The topological polar surface area (TPSA) is 54.0 Å². The summed E-state index contributed by atoms with van der Waals surface area (Å²) in [6.07, 6.45) is 2.78. The van der Waals surface area contributed by atoms with Crippen molar-refractivity contribution in [1.82, 2.24) is 0 Å². The Labute approximate surface area is 191 Å². The maximum Gasteiger partial charge on any atom is 0.477 e. The Kier molecular flexibility index (Phi) is 5.68. The maximum atomic E-state index is 12.7. The number of benzene rings is 1. The lowest BCUT2D eigenvalue weighted by Crippen LogP contribution is -2.65. The zero-order valence-corrected chi connectivity index (χ0v) is 20.4. The first-order valence-electron chi connectivity index (χ1n) is 11.2. The summed E-state index contributed by atoms with van der Waals surface area (Å²) >= 11 is 6.83. The van der Waals surface area contributed by atoms with Crippen LogP contribution in [0.25, 0.3) is 0 Å².